The van der Waals surface area contributed by atoms with Crippen molar-refractivity contribution in [3.63, 3.8) is 0 Å². The van der Waals surface area contributed by atoms with Gasteiger partial charge in [-0.2, -0.15) is 0 Å². The number of rotatable bonds is 2. The molecule has 1 unspecified atom stereocenters. The number of hydrogen-bond donors (Lipinski definition) is 2. The number of nitrogens with one attached hydrogen (secondary N) is 2. The van der Waals surface area contributed by atoms with Gasteiger partial charge in [0.2, 0.25) is 0 Å². The van der Waals surface area contributed by atoms with Crippen molar-refractivity contribution in [2.24, 2.45) is 0 Å². The monoisotopic (exact) mass is 372 g/mol. The lowest BCUT2D eigenvalue weighted by Crippen LogP contribution is -2.02. The highest BCUT2D eigenvalue weighted by molar-refractivity contribution is 9.10. The summed E-state index contributed by atoms with van der Waals surface area (Å²) in [6, 6.07) is 6.80. The summed E-state index contributed by atoms with van der Waals surface area (Å²) < 4.78 is 28.2. The average molecular weight is 374 g/mol. The van der Waals surface area contributed by atoms with E-state index in [1.165, 1.54) is 6.07 Å². The van der Waals surface area contributed by atoms with E-state index in [0.29, 0.717) is 21.1 Å². The molecule has 2 N–H and O–H groups in total. The molecule has 0 spiro atoms. The maximum atomic E-state index is 13.8. The predicted octanol–water partition coefficient (Wildman–Crippen LogP) is 4.23. The first-order valence-electron chi connectivity index (χ1n) is 5.97. The van der Waals surface area contributed by atoms with E-state index in [2.05, 4.69) is 25.9 Å². The molecule has 0 bridgehead atoms. The quantitative estimate of drug-likeness (QED) is 0.649. The second-order valence-electron chi connectivity index (χ2n) is 4.50. The first-order chi connectivity index (χ1) is 9.97. The highest BCUT2D eigenvalue weighted by atomic mass is 79.9. The van der Waals surface area contributed by atoms with Gasteiger partial charge >= 0.3 is 5.69 Å². The Morgan fingerprint density at radius 1 is 1.10 bits per heavy atom. The largest absolute Gasteiger partial charge is 0.323 e. The lowest BCUT2D eigenvalue weighted by molar-refractivity contribution is 0.559. The van der Waals surface area contributed by atoms with Crippen molar-refractivity contribution in [2.75, 3.05) is 0 Å². The van der Waals surface area contributed by atoms with Crippen molar-refractivity contribution in [1.82, 2.24) is 9.97 Å². The first kappa shape index (κ1) is 14.3. The van der Waals surface area contributed by atoms with Crippen LogP contribution in [-0.4, -0.2) is 9.97 Å². The fourth-order valence-electron chi connectivity index (χ4n) is 2.18. The molecule has 21 heavy (non-hydrogen) atoms. The summed E-state index contributed by atoms with van der Waals surface area (Å²) in [6.45, 7) is 0. The summed E-state index contributed by atoms with van der Waals surface area (Å²) in [6.07, 6.45) is 0. The molecule has 0 radical (unpaired) electrons. The van der Waals surface area contributed by atoms with Crippen LogP contribution in [0.1, 0.15) is 16.5 Å². The fourth-order valence-corrected chi connectivity index (χ4v) is 3.27. The van der Waals surface area contributed by atoms with Crippen LogP contribution in [0.3, 0.4) is 0 Å². The Morgan fingerprint density at radius 3 is 2.29 bits per heavy atom. The van der Waals surface area contributed by atoms with Crippen molar-refractivity contribution in [3.8, 4) is 0 Å². The van der Waals surface area contributed by atoms with E-state index in [0.717, 1.165) is 12.1 Å². The summed E-state index contributed by atoms with van der Waals surface area (Å²) in [4.78, 5) is 16.5. The number of halogens is 4. The Morgan fingerprint density at radius 2 is 1.67 bits per heavy atom. The maximum Gasteiger partial charge on any atom is 0.323 e. The van der Waals surface area contributed by atoms with Gasteiger partial charge in [-0.3, -0.25) is 0 Å². The second-order valence-corrected chi connectivity index (χ2v) is 5.79. The van der Waals surface area contributed by atoms with Crippen molar-refractivity contribution in [1.29, 1.82) is 0 Å². The third kappa shape index (κ3) is 2.49. The normalized spacial score (nSPS) is 12.8. The summed E-state index contributed by atoms with van der Waals surface area (Å²) in [5.41, 5.74) is 0.965. The lowest BCUT2D eigenvalue weighted by Gasteiger charge is -2.14. The highest BCUT2D eigenvalue weighted by Gasteiger charge is 2.22. The van der Waals surface area contributed by atoms with Crippen LogP contribution in [-0.2, 0) is 0 Å². The SMILES string of the molecule is O=c1[nH]c2cc(Br)c(C(Cl)c3c(F)cccc3F)cc2[nH]1. The smallest absolute Gasteiger partial charge is 0.306 e. The molecule has 3 nitrogen and oxygen atoms in total. The molecule has 0 aliphatic rings. The van der Waals surface area contributed by atoms with Crippen molar-refractivity contribution >= 4 is 38.6 Å². The van der Waals surface area contributed by atoms with Gasteiger partial charge in [0.25, 0.3) is 0 Å². The molecule has 0 saturated carbocycles. The molecule has 0 fully saturated rings. The summed E-state index contributed by atoms with van der Waals surface area (Å²) in [5, 5.41) is -1.02. The molecule has 1 atom stereocenters. The Bertz CT molecular complexity index is 870. The van der Waals surface area contributed by atoms with Crippen LogP contribution in [0.4, 0.5) is 8.78 Å². The van der Waals surface area contributed by atoms with Crippen LogP contribution in [0.25, 0.3) is 11.0 Å². The summed E-state index contributed by atoms with van der Waals surface area (Å²) in [7, 11) is 0. The minimum Gasteiger partial charge on any atom is -0.306 e. The van der Waals surface area contributed by atoms with Gasteiger partial charge in [0.05, 0.1) is 16.4 Å². The van der Waals surface area contributed by atoms with Crippen molar-refractivity contribution in [2.45, 2.75) is 5.38 Å². The molecule has 3 aromatic rings. The van der Waals surface area contributed by atoms with Crippen LogP contribution >= 0.6 is 27.5 Å². The zero-order chi connectivity index (χ0) is 15.1. The van der Waals surface area contributed by atoms with Gasteiger partial charge in [0.15, 0.2) is 0 Å². The third-order valence-electron chi connectivity index (χ3n) is 3.16. The second kappa shape index (κ2) is 5.27. The Balaban J connectivity index is 2.19. The van der Waals surface area contributed by atoms with Gasteiger partial charge in [0.1, 0.15) is 11.6 Å². The van der Waals surface area contributed by atoms with Crippen LogP contribution in [0, 0.1) is 11.6 Å². The number of hydrogen-bond acceptors (Lipinski definition) is 1. The number of alkyl halides is 1. The predicted molar refractivity (Wildman–Crippen MR) is 80.7 cm³/mol. The zero-order valence-corrected chi connectivity index (χ0v) is 12.7. The molecule has 3 rings (SSSR count). The standard InChI is InChI=1S/C14H8BrClF2N2O/c15-7-5-11-10(19-14(21)20-11)4-6(7)13(16)12-8(17)2-1-3-9(12)18/h1-5,13H,(H2,19,20,21). The number of H-pyrrole nitrogens is 2. The van der Waals surface area contributed by atoms with Crippen molar-refractivity contribution in [3.05, 3.63) is 68.1 Å². The molecule has 7 heteroatoms. The van der Waals surface area contributed by atoms with Gasteiger partial charge in [0, 0.05) is 10.0 Å². The van der Waals surface area contributed by atoms with E-state index in [1.54, 1.807) is 12.1 Å². The summed E-state index contributed by atoms with van der Waals surface area (Å²) >= 11 is 9.55. The Kier molecular flexibility index (Phi) is 3.59. The maximum absolute atomic E-state index is 13.8. The van der Waals surface area contributed by atoms with E-state index in [-0.39, 0.29) is 11.3 Å². The van der Waals surface area contributed by atoms with Gasteiger partial charge in [-0.1, -0.05) is 22.0 Å². The van der Waals surface area contributed by atoms with Gasteiger partial charge < -0.3 is 9.97 Å². The van der Waals surface area contributed by atoms with Crippen LogP contribution in [0.15, 0.2) is 39.6 Å². The molecular weight excluding hydrogens is 366 g/mol. The molecule has 1 aromatic heterocycles. The van der Waals surface area contributed by atoms with E-state index in [9.17, 15) is 13.6 Å². The molecule has 0 saturated heterocycles. The average Bonchev–Trinajstić information content (AvgIpc) is 2.76. The van der Waals surface area contributed by atoms with Crippen LogP contribution < -0.4 is 5.69 Å². The van der Waals surface area contributed by atoms with Gasteiger partial charge in [-0.25, -0.2) is 13.6 Å². The molecule has 0 amide bonds. The topological polar surface area (TPSA) is 48.6 Å². The number of fused-ring (bicyclic) bond motifs is 1. The Labute approximate surface area is 131 Å². The molecule has 2 aromatic carbocycles. The van der Waals surface area contributed by atoms with Crippen LogP contribution in [0.2, 0.25) is 0 Å². The Hall–Kier alpha value is -1.66. The molecule has 0 aliphatic carbocycles. The van der Waals surface area contributed by atoms with E-state index < -0.39 is 17.0 Å². The number of aromatic nitrogens is 2. The molecular formula is C14H8BrClF2N2O. The van der Waals surface area contributed by atoms with Crippen LogP contribution in [0.5, 0.6) is 0 Å². The molecule has 0 aliphatic heterocycles. The number of aromatic amines is 2. The van der Waals surface area contributed by atoms with E-state index in [1.807, 2.05) is 0 Å². The van der Waals surface area contributed by atoms with E-state index in [4.69, 9.17) is 11.6 Å². The minimum atomic E-state index is -1.02. The van der Waals surface area contributed by atoms with Gasteiger partial charge in [-0.15, -0.1) is 11.6 Å². The third-order valence-corrected chi connectivity index (χ3v) is 4.30. The molecule has 1 heterocycles. The van der Waals surface area contributed by atoms with Gasteiger partial charge in [-0.05, 0) is 29.8 Å². The number of imidazole rings is 1. The zero-order valence-electron chi connectivity index (χ0n) is 10.4. The number of benzene rings is 2. The minimum absolute atomic E-state index is 0.225. The molecule has 108 valence electrons. The fraction of sp³-hybridized carbons (Fsp3) is 0.0714. The highest BCUT2D eigenvalue weighted by Crippen LogP contribution is 2.37. The lowest BCUT2D eigenvalue weighted by atomic mass is 10.0. The summed E-state index contributed by atoms with van der Waals surface area (Å²) in [5.74, 6) is -1.44. The first-order valence-corrected chi connectivity index (χ1v) is 7.19. The van der Waals surface area contributed by atoms with E-state index >= 15 is 0 Å². The van der Waals surface area contributed by atoms with Crippen molar-refractivity contribution < 1.29 is 8.78 Å².